The summed E-state index contributed by atoms with van der Waals surface area (Å²) in [4.78, 5) is 15.0. The zero-order valence-corrected chi connectivity index (χ0v) is 33.1. The Balaban J connectivity index is 1.11. The van der Waals surface area contributed by atoms with Gasteiger partial charge in [0.25, 0.3) is 0 Å². The largest absolute Gasteiger partial charge is 0.309 e. The quantitative estimate of drug-likeness (QED) is 0.169. The Morgan fingerprint density at radius 2 is 0.783 bits per heavy atom. The summed E-state index contributed by atoms with van der Waals surface area (Å²) >= 11 is 1.90. The molecule has 280 valence electrons. The molecule has 0 spiro atoms. The molecule has 0 radical (unpaired) electrons. The molecule has 0 aliphatic carbocycles. The number of benzene rings is 9. The Morgan fingerprint density at radius 3 is 1.35 bits per heavy atom. The third kappa shape index (κ3) is 5.63. The maximum absolute atomic E-state index is 5.02. The first-order valence-electron chi connectivity index (χ1n) is 20.2. The second-order valence-electron chi connectivity index (χ2n) is 15.2. The Morgan fingerprint density at radius 1 is 0.333 bits per heavy atom. The Hall–Kier alpha value is -7.73. The third-order valence-corrected chi connectivity index (χ3v) is 12.8. The molecule has 0 atom stereocenters. The minimum absolute atomic E-state index is 0.635. The summed E-state index contributed by atoms with van der Waals surface area (Å²) in [5, 5.41) is 7.60. The van der Waals surface area contributed by atoms with Crippen LogP contribution < -0.4 is 0 Å². The summed E-state index contributed by atoms with van der Waals surface area (Å²) in [7, 11) is 0. The van der Waals surface area contributed by atoms with Crippen LogP contribution >= 0.6 is 11.3 Å². The smallest absolute Gasteiger partial charge is 0.164 e. The fourth-order valence-corrected chi connectivity index (χ4v) is 10.1. The molecule has 9 aromatic carbocycles. The van der Waals surface area contributed by atoms with E-state index in [1.54, 1.807) is 0 Å². The average molecular weight is 783 g/mol. The molecular weight excluding hydrogens is 749 g/mol. The monoisotopic (exact) mass is 782 g/mol. The first kappa shape index (κ1) is 34.3. The molecule has 0 saturated heterocycles. The summed E-state index contributed by atoms with van der Waals surface area (Å²) < 4.78 is 5.05. The summed E-state index contributed by atoms with van der Waals surface area (Å²) in [5.41, 5.74) is 11.1. The van der Waals surface area contributed by atoms with Crippen molar-refractivity contribution in [2.75, 3.05) is 0 Å². The van der Waals surface area contributed by atoms with E-state index < -0.39 is 0 Å². The van der Waals surface area contributed by atoms with Gasteiger partial charge in [-0.25, -0.2) is 15.0 Å². The fourth-order valence-electron chi connectivity index (χ4n) is 8.81. The zero-order valence-electron chi connectivity index (χ0n) is 32.3. The Bertz CT molecular complexity index is 3500. The van der Waals surface area contributed by atoms with Crippen molar-refractivity contribution in [3.8, 4) is 62.1 Å². The highest BCUT2D eigenvalue weighted by atomic mass is 32.1. The number of hydrogen-bond donors (Lipinski definition) is 0. The van der Waals surface area contributed by atoms with Gasteiger partial charge in [0.15, 0.2) is 17.5 Å². The van der Waals surface area contributed by atoms with Crippen LogP contribution in [0.2, 0.25) is 0 Å². The first-order valence-corrected chi connectivity index (χ1v) is 21.0. The van der Waals surface area contributed by atoms with Gasteiger partial charge in [0, 0.05) is 58.7 Å². The van der Waals surface area contributed by atoms with Crippen LogP contribution in [0.25, 0.3) is 115 Å². The predicted octanol–water partition coefficient (Wildman–Crippen LogP) is 14.8. The topological polar surface area (TPSA) is 43.6 Å². The van der Waals surface area contributed by atoms with Crippen LogP contribution in [-0.4, -0.2) is 19.5 Å². The lowest BCUT2D eigenvalue weighted by atomic mass is 9.97. The fraction of sp³-hybridized carbons (Fsp3) is 0. The van der Waals surface area contributed by atoms with Gasteiger partial charge in [0.2, 0.25) is 0 Å². The van der Waals surface area contributed by atoms with E-state index >= 15 is 0 Å². The van der Waals surface area contributed by atoms with Crippen LogP contribution in [0, 0.1) is 0 Å². The zero-order chi connectivity index (χ0) is 39.6. The van der Waals surface area contributed by atoms with Gasteiger partial charge in [-0.1, -0.05) is 158 Å². The molecular formula is C55H34N4S. The summed E-state index contributed by atoms with van der Waals surface area (Å²) in [6, 6.07) is 73.3. The van der Waals surface area contributed by atoms with Crippen molar-refractivity contribution in [3.63, 3.8) is 0 Å². The van der Waals surface area contributed by atoms with Gasteiger partial charge in [0.1, 0.15) is 0 Å². The lowest BCUT2D eigenvalue weighted by Crippen LogP contribution is -2.00. The molecule has 0 aliphatic rings. The van der Waals surface area contributed by atoms with Crippen molar-refractivity contribution in [1.29, 1.82) is 0 Å². The van der Waals surface area contributed by atoms with Gasteiger partial charge in [-0.15, -0.1) is 11.3 Å². The molecule has 0 unspecified atom stereocenters. The van der Waals surface area contributed by atoms with Crippen molar-refractivity contribution < 1.29 is 0 Å². The van der Waals surface area contributed by atoms with Crippen molar-refractivity contribution in [1.82, 2.24) is 19.5 Å². The molecule has 0 amide bonds. The molecule has 0 N–H and O–H groups in total. The second-order valence-corrected chi connectivity index (χ2v) is 16.2. The van der Waals surface area contributed by atoms with Gasteiger partial charge in [-0.05, 0) is 76.2 Å². The molecule has 0 fully saturated rings. The maximum Gasteiger partial charge on any atom is 0.164 e. The van der Waals surface area contributed by atoms with E-state index in [2.05, 4.69) is 150 Å². The van der Waals surface area contributed by atoms with Crippen LogP contribution in [0.4, 0.5) is 0 Å². The minimum Gasteiger partial charge on any atom is -0.309 e. The van der Waals surface area contributed by atoms with Crippen LogP contribution in [0.1, 0.15) is 0 Å². The molecule has 4 nitrogen and oxygen atoms in total. The number of rotatable bonds is 6. The van der Waals surface area contributed by atoms with Crippen LogP contribution in [0.15, 0.2) is 206 Å². The second kappa shape index (κ2) is 14.0. The highest BCUT2D eigenvalue weighted by Crippen LogP contribution is 2.49. The molecule has 5 heteroatoms. The van der Waals surface area contributed by atoms with E-state index in [1.165, 1.54) is 69.5 Å². The molecule has 3 aromatic heterocycles. The highest BCUT2D eigenvalue weighted by Gasteiger charge is 2.23. The molecule has 12 rings (SSSR count). The third-order valence-electron chi connectivity index (χ3n) is 11.6. The molecule has 12 aromatic rings. The number of nitrogens with zero attached hydrogens (tertiary/aromatic N) is 4. The molecule has 0 saturated carbocycles. The number of hydrogen-bond acceptors (Lipinski definition) is 4. The Kier molecular flexibility index (Phi) is 8.00. The van der Waals surface area contributed by atoms with E-state index in [1.807, 2.05) is 72.0 Å². The van der Waals surface area contributed by atoms with Gasteiger partial charge in [0.05, 0.1) is 11.0 Å². The van der Waals surface area contributed by atoms with Crippen molar-refractivity contribution in [2.24, 2.45) is 0 Å². The van der Waals surface area contributed by atoms with Gasteiger partial charge >= 0.3 is 0 Å². The van der Waals surface area contributed by atoms with E-state index in [-0.39, 0.29) is 0 Å². The number of fused-ring (bicyclic) bond motifs is 10. The summed E-state index contributed by atoms with van der Waals surface area (Å²) in [5.74, 6) is 1.93. The standard InChI is InChI=1S/C55H34N4S/c1-5-15-35(16-6-1)40-27-31-47-45(33-40)50-51(44-24-14-13-23-43(44)49-46-34-41(36-17-7-2-8-18-36)28-32-48(46)60-52(49)50)59(47)42-29-25-39(26-30-42)55-57-53(37-19-9-3-10-20-37)56-54(58-55)38-21-11-4-12-22-38/h1-34H. The molecule has 60 heavy (non-hydrogen) atoms. The lowest BCUT2D eigenvalue weighted by Gasteiger charge is -2.12. The summed E-state index contributed by atoms with van der Waals surface area (Å²) in [6.45, 7) is 0. The average Bonchev–Trinajstić information content (AvgIpc) is 3.89. The number of thiophene rings is 1. The Labute approximate surface area is 350 Å². The number of aromatic nitrogens is 4. The lowest BCUT2D eigenvalue weighted by molar-refractivity contribution is 1.07. The highest BCUT2D eigenvalue weighted by molar-refractivity contribution is 7.27. The molecule has 0 aliphatic heterocycles. The van der Waals surface area contributed by atoms with Gasteiger partial charge < -0.3 is 4.57 Å². The predicted molar refractivity (Wildman–Crippen MR) is 252 cm³/mol. The van der Waals surface area contributed by atoms with Gasteiger partial charge in [-0.3, -0.25) is 0 Å². The maximum atomic E-state index is 5.02. The normalized spacial score (nSPS) is 11.7. The van der Waals surface area contributed by atoms with E-state index in [0.717, 1.165) is 27.9 Å². The molecule has 3 heterocycles. The van der Waals surface area contributed by atoms with Gasteiger partial charge in [-0.2, -0.15) is 0 Å². The molecule has 0 bridgehead atoms. The van der Waals surface area contributed by atoms with E-state index in [4.69, 9.17) is 15.0 Å². The van der Waals surface area contributed by atoms with Crippen molar-refractivity contribution in [3.05, 3.63) is 206 Å². The summed E-state index contributed by atoms with van der Waals surface area (Å²) in [6.07, 6.45) is 0. The van der Waals surface area contributed by atoms with Crippen molar-refractivity contribution in [2.45, 2.75) is 0 Å². The minimum atomic E-state index is 0.635. The van der Waals surface area contributed by atoms with Crippen LogP contribution in [-0.2, 0) is 0 Å². The van der Waals surface area contributed by atoms with E-state index in [9.17, 15) is 0 Å². The SMILES string of the molecule is c1ccc(-c2ccc3sc4c(c3c2)c2ccccc2c2c4c3cc(-c4ccccc4)ccc3n2-c2ccc(-c3nc(-c4ccccc4)nc(-c4ccccc4)n3)cc2)cc1. The van der Waals surface area contributed by atoms with Crippen LogP contribution in [0.3, 0.4) is 0 Å². The first-order chi connectivity index (χ1) is 29.7. The van der Waals surface area contributed by atoms with Crippen molar-refractivity contribution >= 4 is 64.1 Å². The van der Waals surface area contributed by atoms with Crippen LogP contribution in [0.5, 0.6) is 0 Å². The van der Waals surface area contributed by atoms with E-state index in [0.29, 0.717) is 17.5 Å².